The maximum absolute atomic E-state index is 12.5. The van der Waals surface area contributed by atoms with Crippen molar-refractivity contribution in [1.82, 2.24) is 10.2 Å². The van der Waals surface area contributed by atoms with E-state index < -0.39 is 12.7 Å². The van der Waals surface area contributed by atoms with Crippen molar-refractivity contribution >= 4 is 0 Å². The lowest BCUT2D eigenvalue weighted by atomic mass is 10.1. The molecular weight excluding hydrogens is 229 g/mol. The fraction of sp³-hybridized carbons (Fsp3) is 1.00. The van der Waals surface area contributed by atoms with Crippen LogP contribution in [0.4, 0.5) is 13.2 Å². The number of halogens is 3. The van der Waals surface area contributed by atoms with Gasteiger partial charge in [-0.05, 0) is 33.2 Å². The molecule has 5 heteroatoms. The molecule has 0 aliphatic rings. The van der Waals surface area contributed by atoms with Gasteiger partial charge in [0.1, 0.15) is 0 Å². The molecule has 2 nitrogen and oxygen atoms in total. The van der Waals surface area contributed by atoms with Gasteiger partial charge >= 0.3 is 6.18 Å². The fourth-order valence-corrected chi connectivity index (χ4v) is 1.88. The van der Waals surface area contributed by atoms with Crippen molar-refractivity contribution in [2.45, 2.75) is 58.8 Å². The zero-order valence-corrected chi connectivity index (χ0v) is 11.3. The van der Waals surface area contributed by atoms with Gasteiger partial charge in [-0.2, -0.15) is 13.2 Å². The molecule has 0 aromatic rings. The Morgan fingerprint density at radius 1 is 1.18 bits per heavy atom. The zero-order chi connectivity index (χ0) is 13.5. The summed E-state index contributed by atoms with van der Waals surface area (Å²) in [5.41, 5.74) is 0. The predicted molar refractivity (Wildman–Crippen MR) is 65.1 cm³/mol. The van der Waals surface area contributed by atoms with E-state index in [1.807, 2.05) is 27.7 Å². The number of nitrogens with zero attached hydrogens (tertiary/aromatic N) is 1. The smallest absolute Gasteiger partial charge is 0.315 e. The lowest BCUT2D eigenvalue weighted by Crippen LogP contribution is -2.49. The third-order valence-electron chi connectivity index (χ3n) is 2.77. The van der Waals surface area contributed by atoms with Crippen LogP contribution in [-0.4, -0.2) is 42.8 Å². The topological polar surface area (TPSA) is 15.3 Å². The largest absolute Gasteiger partial charge is 0.401 e. The first kappa shape index (κ1) is 16.7. The van der Waals surface area contributed by atoms with Crippen molar-refractivity contribution in [2.24, 2.45) is 0 Å². The van der Waals surface area contributed by atoms with Gasteiger partial charge in [0.25, 0.3) is 0 Å². The SMILES string of the molecule is CCCNCC(CC)N(CC(F)(F)F)C(C)C. The van der Waals surface area contributed by atoms with Gasteiger partial charge in [0, 0.05) is 18.6 Å². The minimum atomic E-state index is -4.12. The maximum atomic E-state index is 12.5. The second kappa shape index (κ2) is 7.93. The minimum absolute atomic E-state index is 0.0526. The van der Waals surface area contributed by atoms with Crippen molar-refractivity contribution in [3.63, 3.8) is 0 Å². The molecule has 17 heavy (non-hydrogen) atoms. The predicted octanol–water partition coefficient (Wildman–Crippen LogP) is 3.04. The van der Waals surface area contributed by atoms with Crippen LogP contribution >= 0.6 is 0 Å². The van der Waals surface area contributed by atoms with Gasteiger partial charge in [-0.1, -0.05) is 13.8 Å². The Bertz CT molecular complexity index is 193. The first-order chi connectivity index (χ1) is 7.81. The molecule has 1 N–H and O–H groups in total. The summed E-state index contributed by atoms with van der Waals surface area (Å²) in [6.45, 7) is 8.26. The molecule has 104 valence electrons. The van der Waals surface area contributed by atoms with Crippen molar-refractivity contribution in [2.75, 3.05) is 19.6 Å². The van der Waals surface area contributed by atoms with E-state index in [0.29, 0.717) is 6.54 Å². The van der Waals surface area contributed by atoms with Crippen LogP contribution in [0, 0.1) is 0 Å². The molecule has 0 saturated carbocycles. The molecule has 0 bridgehead atoms. The quantitative estimate of drug-likeness (QED) is 0.670. The van der Waals surface area contributed by atoms with Crippen molar-refractivity contribution in [1.29, 1.82) is 0 Å². The number of hydrogen-bond donors (Lipinski definition) is 1. The summed E-state index contributed by atoms with van der Waals surface area (Å²) >= 11 is 0. The highest BCUT2D eigenvalue weighted by Gasteiger charge is 2.34. The van der Waals surface area contributed by atoms with Crippen LogP contribution in [-0.2, 0) is 0 Å². The van der Waals surface area contributed by atoms with E-state index in [1.54, 1.807) is 0 Å². The molecular formula is C12H25F3N2. The summed E-state index contributed by atoms with van der Waals surface area (Å²) in [5, 5.41) is 3.20. The molecule has 0 rings (SSSR count). The molecule has 0 radical (unpaired) electrons. The summed E-state index contributed by atoms with van der Waals surface area (Å²) in [6, 6.07) is -0.145. The molecule has 0 fully saturated rings. The lowest BCUT2D eigenvalue weighted by molar-refractivity contribution is -0.155. The number of hydrogen-bond acceptors (Lipinski definition) is 2. The maximum Gasteiger partial charge on any atom is 0.401 e. The summed E-state index contributed by atoms with van der Waals surface area (Å²) in [4.78, 5) is 1.53. The monoisotopic (exact) mass is 254 g/mol. The number of rotatable bonds is 8. The molecule has 0 aromatic carbocycles. The molecule has 0 heterocycles. The first-order valence-corrected chi connectivity index (χ1v) is 6.35. The Kier molecular flexibility index (Phi) is 7.79. The van der Waals surface area contributed by atoms with E-state index >= 15 is 0 Å². The lowest BCUT2D eigenvalue weighted by Gasteiger charge is -2.35. The molecule has 1 atom stereocenters. The van der Waals surface area contributed by atoms with Crippen LogP contribution in [0.2, 0.25) is 0 Å². The van der Waals surface area contributed by atoms with Crippen LogP contribution in [0.25, 0.3) is 0 Å². The Labute approximate surface area is 103 Å². The summed E-state index contributed by atoms with van der Waals surface area (Å²) < 4.78 is 37.5. The third-order valence-corrected chi connectivity index (χ3v) is 2.77. The second-order valence-electron chi connectivity index (χ2n) is 4.65. The average Bonchev–Trinajstić information content (AvgIpc) is 2.20. The van der Waals surface area contributed by atoms with Crippen molar-refractivity contribution in [3.05, 3.63) is 0 Å². The van der Waals surface area contributed by atoms with Gasteiger partial charge in [-0.25, -0.2) is 0 Å². The highest BCUT2D eigenvalue weighted by Crippen LogP contribution is 2.20. The van der Waals surface area contributed by atoms with Gasteiger partial charge in [0.15, 0.2) is 0 Å². The van der Waals surface area contributed by atoms with Crippen LogP contribution in [0.5, 0.6) is 0 Å². The van der Waals surface area contributed by atoms with E-state index in [9.17, 15) is 13.2 Å². The highest BCUT2D eigenvalue weighted by atomic mass is 19.4. The Hall–Kier alpha value is -0.290. The highest BCUT2D eigenvalue weighted by molar-refractivity contribution is 4.78. The van der Waals surface area contributed by atoms with Gasteiger partial charge in [0.05, 0.1) is 6.54 Å². The number of alkyl halides is 3. The molecule has 0 aliphatic heterocycles. The van der Waals surface area contributed by atoms with E-state index in [2.05, 4.69) is 5.32 Å². The Balaban J connectivity index is 4.41. The molecule has 0 aliphatic carbocycles. The van der Waals surface area contributed by atoms with E-state index in [-0.39, 0.29) is 12.1 Å². The molecule has 0 amide bonds. The normalized spacial score (nSPS) is 14.6. The van der Waals surface area contributed by atoms with Gasteiger partial charge < -0.3 is 5.32 Å². The second-order valence-corrected chi connectivity index (χ2v) is 4.65. The molecule has 1 unspecified atom stereocenters. The number of nitrogens with one attached hydrogen (secondary N) is 1. The van der Waals surface area contributed by atoms with Crippen molar-refractivity contribution < 1.29 is 13.2 Å². The molecule has 0 aromatic heterocycles. The first-order valence-electron chi connectivity index (χ1n) is 6.35. The Morgan fingerprint density at radius 3 is 2.12 bits per heavy atom. The van der Waals surface area contributed by atoms with E-state index in [1.165, 1.54) is 4.90 Å². The fourth-order valence-electron chi connectivity index (χ4n) is 1.88. The van der Waals surface area contributed by atoms with Gasteiger partial charge in [0.2, 0.25) is 0 Å². The van der Waals surface area contributed by atoms with Crippen LogP contribution in [0.1, 0.15) is 40.5 Å². The average molecular weight is 254 g/mol. The molecule has 0 saturated heterocycles. The Morgan fingerprint density at radius 2 is 1.76 bits per heavy atom. The van der Waals surface area contributed by atoms with Gasteiger partial charge in [-0.15, -0.1) is 0 Å². The van der Waals surface area contributed by atoms with Crippen LogP contribution in [0.15, 0.2) is 0 Å². The molecule has 0 spiro atoms. The zero-order valence-electron chi connectivity index (χ0n) is 11.3. The van der Waals surface area contributed by atoms with Crippen LogP contribution in [0.3, 0.4) is 0 Å². The third kappa shape index (κ3) is 7.60. The van der Waals surface area contributed by atoms with Gasteiger partial charge in [-0.3, -0.25) is 4.90 Å². The summed E-state index contributed by atoms with van der Waals surface area (Å²) in [5.74, 6) is 0. The minimum Gasteiger partial charge on any atom is -0.315 e. The van der Waals surface area contributed by atoms with Crippen molar-refractivity contribution in [3.8, 4) is 0 Å². The summed E-state index contributed by atoms with van der Waals surface area (Å²) in [7, 11) is 0. The standard InChI is InChI=1S/C12H25F3N2/c1-5-7-16-8-11(6-2)17(10(3)4)9-12(13,14)15/h10-11,16H,5-9H2,1-4H3. The van der Waals surface area contributed by atoms with E-state index in [4.69, 9.17) is 0 Å². The van der Waals surface area contributed by atoms with E-state index in [0.717, 1.165) is 19.4 Å². The van der Waals surface area contributed by atoms with Crippen LogP contribution < -0.4 is 5.32 Å². The summed E-state index contributed by atoms with van der Waals surface area (Å²) in [6.07, 6.45) is -2.40.